The van der Waals surface area contributed by atoms with Crippen LogP contribution in [0.5, 0.6) is 0 Å². The second-order valence-corrected chi connectivity index (χ2v) is 10.1. The fourth-order valence-corrected chi connectivity index (χ4v) is 4.45. The lowest BCUT2D eigenvalue weighted by molar-refractivity contribution is -0.00350. The molecule has 1 N–H and O–H groups in total. The van der Waals surface area contributed by atoms with Crippen molar-refractivity contribution in [3.63, 3.8) is 0 Å². The minimum absolute atomic E-state index is 0.0660. The van der Waals surface area contributed by atoms with Crippen LogP contribution in [0.4, 0.5) is 0 Å². The highest BCUT2D eigenvalue weighted by Gasteiger charge is 2.09. The van der Waals surface area contributed by atoms with Crippen molar-refractivity contribution < 1.29 is 9.84 Å². The van der Waals surface area contributed by atoms with Gasteiger partial charge >= 0.3 is 6.07 Å². The lowest BCUT2D eigenvalue weighted by atomic mass is 10.0. The molecule has 1 atom stereocenters. The summed E-state index contributed by atoms with van der Waals surface area (Å²) < 4.78 is 6.02. The highest BCUT2D eigenvalue weighted by atomic mass is 16.5. The Hall–Kier alpha value is -1.37. The number of aliphatic hydroxyl groups is 1. The summed E-state index contributed by atoms with van der Waals surface area (Å²) in [6.45, 7) is 7.94. The molecular formula is C31H54NO2+. The highest BCUT2D eigenvalue weighted by Crippen LogP contribution is 2.16. The normalized spacial score (nSPS) is 11.9. The van der Waals surface area contributed by atoms with Gasteiger partial charge in [0.05, 0.1) is 19.3 Å². The van der Waals surface area contributed by atoms with Crippen LogP contribution in [0.1, 0.15) is 140 Å². The van der Waals surface area contributed by atoms with Gasteiger partial charge in [0.1, 0.15) is 5.56 Å². The van der Waals surface area contributed by atoms with E-state index in [0.29, 0.717) is 6.61 Å². The van der Waals surface area contributed by atoms with E-state index < -0.39 is 0 Å². The van der Waals surface area contributed by atoms with Crippen LogP contribution in [-0.2, 0) is 11.3 Å². The van der Waals surface area contributed by atoms with Gasteiger partial charge in [-0.3, -0.25) is 0 Å². The van der Waals surface area contributed by atoms with E-state index in [-0.39, 0.29) is 12.7 Å². The molecule has 0 saturated heterocycles. The maximum absolute atomic E-state index is 9.72. The molecule has 0 amide bonds. The van der Waals surface area contributed by atoms with E-state index in [0.717, 1.165) is 36.9 Å². The molecule has 0 aromatic heterocycles. The van der Waals surface area contributed by atoms with Gasteiger partial charge in [-0.1, -0.05) is 121 Å². The number of hydrogen-bond donors (Lipinski definition) is 1. The quantitative estimate of drug-likeness (QED) is 0.181. The minimum Gasteiger partial charge on any atom is -0.394 e. The Balaban J connectivity index is 2.05. The number of hydrogen-bond acceptors (Lipinski definition) is 2. The number of aliphatic hydroxyl groups excluding tert-OH is 1. The van der Waals surface area contributed by atoms with Gasteiger partial charge in [0.15, 0.2) is 0 Å². The van der Waals surface area contributed by atoms with E-state index >= 15 is 0 Å². The Labute approximate surface area is 211 Å². The lowest BCUT2D eigenvalue weighted by Gasteiger charge is -2.15. The monoisotopic (exact) mass is 472 g/mol. The Bertz CT molecular complexity index is 661. The van der Waals surface area contributed by atoms with Crippen LogP contribution in [0.3, 0.4) is 0 Å². The molecule has 3 nitrogen and oxygen atoms in total. The second kappa shape index (κ2) is 22.1. The van der Waals surface area contributed by atoms with E-state index in [9.17, 15) is 5.11 Å². The van der Waals surface area contributed by atoms with Gasteiger partial charge in [0.2, 0.25) is 0 Å². The SMILES string of the molecule is CCCCCCCCCCCCCCCCC[C@H](CO)OCc1cc(C)cc(C#[N+]CCC)c1. The predicted octanol–water partition coefficient (Wildman–Crippen LogP) is 9.23. The topological polar surface area (TPSA) is 33.8 Å². The minimum atomic E-state index is -0.0660. The predicted molar refractivity (Wildman–Crippen MR) is 148 cm³/mol. The lowest BCUT2D eigenvalue weighted by Crippen LogP contribution is -2.17. The molecule has 0 saturated carbocycles. The van der Waals surface area contributed by atoms with Crippen LogP contribution in [0.2, 0.25) is 0 Å². The van der Waals surface area contributed by atoms with Crippen molar-refractivity contribution in [2.45, 2.75) is 143 Å². The van der Waals surface area contributed by atoms with Crippen molar-refractivity contribution in [2.75, 3.05) is 13.2 Å². The maximum atomic E-state index is 9.72. The van der Waals surface area contributed by atoms with E-state index in [1.54, 1.807) is 0 Å². The summed E-state index contributed by atoms with van der Waals surface area (Å²) in [5.74, 6) is 0. The third-order valence-electron chi connectivity index (χ3n) is 6.50. The number of ether oxygens (including phenoxy) is 1. The zero-order chi connectivity index (χ0) is 24.7. The Morgan fingerprint density at radius 2 is 1.32 bits per heavy atom. The summed E-state index contributed by atoms with van der Waals surface area (Å²) in [6, 6.07) is 9.47. The molecule has 34 heavy (non-hydrogen) atoms. The molecule has 0 aliphatic carbocycles. The molecule has 0 aliphatic heterocycles. The Kier molecular flexibility index (Phi) is 19.9. The smallest absolute Gasteiger partial charge is 0.311 e. The van der Waals surface area contributed by atoms with Crippen LogP contribution in [0.25, 0.3) is 4.85 Å². The number of aryl methyl sites for hydroxylation is 1. The average molecular weight is 473 g/mol. The van der Waals surface area contributed by atoms with Crippen LogP contribution < -0.4 is 0 Å². The van der Waals surface area contributed by atoms with Crippen LogP contribution in [-0.4, -0.2) is 24.4 Å². The first-order valence-corrected chi connectivity index (χ1v) is 14.4. The van der Waals surface area contributed by atoms with Gasteiger partial charge in [-0.15, -0.1) is 0 Å². The maximum Gasteiger partial charge on any atom is 0.311 e. The van der Waals surface area contributed by atoms with Crippen molar-refractivity contribution in [1.29, 1.82) is 0 Å². The van der Waals surface area contributed by atoms with Gasteiger partial charge in [-0.05, 0) is 36.6 Å². The average Bonchev–Trinajstić information content (AvgIpc) is 2.83. The van der Waals surface area contributed by atoms with E-state index in [4.69, 9.17) is 4.74 Å². The molecule has 1 aromatic rings. The van der Waals surface area contributed by atoms with E-state index in [1.807, 2.05) is 0 Å². The van der Waals surface area contributed by atoms with Gasteiger partial charge in [0.25, 0.3) is 6.54 Å². The van der Waals surface area contributed by atoms with Crippen molar-refractivity contribution in [3.8, 4) is 6.07 Å². The number of unbranched alkanes of at least 4 members (excludes halogenated alkanes) is 14. The van der Waals surface area contributed by atoms with E-state index in [1.165, 1.54) is 95.5 Å². The standard InChI is InChI=1S/C31H54NO2/c1-4-6-7-8-9-10-11-12-13-14-15-16-17-18-19-20-31(26-33)34-27-30-23-28(3)22-29(24-30)25-32-21-5-2/h22-24,31,33H,4-21,26-27H2,1-3H3/q+1/t31-/m1/s1. The summed E-state index contributed by atoms with van der Waals surface area (Å²) >= 11 is 0. The fraction of sp³-hybridized carbons (Fsp3) is 0.774. The molecule has 1 rings (SSSR count). The van der Waals surface area contributed by atoms with E-state index in [2.05, 4.69) is 49.9 Å². The molecule has 0 heterocycles. The first kappa shape index (κ1) is 30.7. The Morgan fingerprint density at radius 3 is 1.85 bits per heavy atom. The van der Waals surface area contributed by atoms with Crippen LogP contribution in [0, 0.1) is 13.0 Å². The van der Waals surface area contributed by atoms with Crippen LogP contribution >= 0.6 is 0 Å². The van der Waals surface area contributed by atoms with Crippen LogP contribution in [0.15, 0.2) is 18.2 Å². The highest BCUT2D eigenvalue weighted by molar-refractivity contribution is 5.38. The molecule has 0 unspecified atom stereocenters. The third kappa shape index (κ3) is 17.1. The van der Waals surface area contributed by atoms with Gasteiger partial charge in [-0.2, -0.15) is 0 Å². The molecule has 0 spiro atoms. The summed E-state index contributed by atoms with van der Waals surface area (Å²) in [5.41, 5.74) is 3.33. The molecule has 194 valence electrons. The molecule has 0 bridgehead atoms. The van der Waals surface area contributed by atoms with Gasteiger partial charge in [-0.25, -0.2) is 0 Å². The summed E-state index contributed by atoms with van der Waals surface area (Å²) in [4.78, 5) is 4.33. The summed E-state index contributed by atoms with van der Waals surface area (Å²) in [6.07, 6.45) is 22.5. The first-order chi connectivity index (χ1) is 16.7. The zero-order valence-electron chi connectivity index (χ0n) is 22.8. The third-order valence-corrected chi connectivity index (χ3v) is 6.50. The molecule has 3 heteroatoms. The number of benzene rings is 1. The van der Waals surface area contributed by atoms with Crippen molar-refractivity contribution >= 4 is 0 Å². The molecular weight excluding hydrogens is 418 g/mol. The number of nitrogens with zero attached hydrogens (tertiary/aromatic N) is 1. The number of rotatable bonds is 21. The molecule has 0 fully saturated rings. The van der Waals surface area contributed by atoms with Gasteiger partial charge < -0.3 is 9.84 Å². The van der Waals surface area contributed by atoms with Crippen molar-refractivity contribution in [2.24, 2.45) is 0 Å². The second-order valence-electron chi connectivity index (χ2n) is 10.1. The van der Waals surface area contributed by atoms with Crippen molar-refractivity contribution in [1.82, 2.24) is 0 Å². The fourth-order valence-electron chi connectivity index (χ4n) is 4.45. The zero-order valence-corrected chi connectivity index (χ0v) is 22.8. The van der Waals surface area contributed by atoms with Crippen molar-refractivity contribution in [3.05, 3.63) is 39.7 Å². The molecule has 0 aliphatic rings. The molecule has 1 aromatic carbocycles. The summed E-state index contributed by atoms with van der Waals surface area (Å²) in [7, 11) is 0. The largest absolute Gasteiger partial charge is 0.394 e. The first-order valence-electron chi connectivity index (χ1n) is 14.4. The van der Waals surface area contributed by atoms with Gasteiger partial charge in [0, 0.05) is 6.42 Å². The Morgan fingerprint density at radius 1 is 0.765 bits per heavy atom. The summed E-state index contributed by atoms with van der Waals surface area (Å²) in [5, 5.41) is 9.72. The molecule has 0 radical (unpaired) electrons.